The molecule has 1 aromatic rings. The fourth-order valence-electron chi connectivity index (χ4n) is 1.06. The molecule has 0 amide bonds. The number of carbonyl (C=O) groups is 1. The fraction of sp³-hybridized carbons (Fsp3) is 0.222. The van der Waals surface area contributed by atoms with E-state index in [0.717, 1.165) is 0 Å². The number of aromatic hydroxyl groups is 1. The van der Waals surface area contributed by atoms with Crippen molar-refractivity contribution in [2.45, 2.75) is 12.8 Å². The van der Waals surface area contributed by atoms with Crippen molar-refractivity contribution >= 4 is 11.7 Å². The molecule has 0 fully saturated rings. The number of phenols is 1. The highest BCUT2D eigenvalue weighted by molar-refractivity contribution is 5.68. The number of carboxylic acids is 1. The van der Waals surface area contributed by atoms with E-state index in [9.17, 15) is 9.90 Å². The molecule has 0 aliphatic carbocycles. The zero-order chi connectivity index (χ0) is 9.84. The summed E-state index contributed by atoms with van der Waals surface area (Å²) in [6.45, 7) is 0. The zero-order valence-electron chi connectivity index (χ0n) is 7.03. The molecule has 13 heavy (non-hydrogen) atoms. The second-order valence-corrected chi connectivity index (χ2v) is 2.74. The largest absolute Gasteiger partial charge is 0.506 e. The van der Waals surface area contributed by atoms with Gasteiger partial charge < -0.3 is 15.9 Å². The Balaban J connectivity index is 2.77. The van der Waals surface area contributed by atoms with Crippen LogP contribution in [0.15, 0.2) is 18.2 Å². The summed E-state index contributed by atoms with van der Waals surface area (Å²) in [4.78, 5) is 10.3. The lowest BCUT2D eigenvalue weighted by molar-refractivity contribution is -0.136. The molecule has 1 rings (SSSR count). The van der Waals surface area contributed by atoms with Crippen molar-refractivity contribution in [3.8, 4) is 5.75 Å². The molecule has 0 saturated carbocycles. The van der Waals surface area contributed by atoms with Gasteiger partial charge in [-0.2, -0.15) is 0 Å². The third kappa shape index (κ3) is 2.37. The number of benzene rings is 1. The average Bonchev–Trinajstić information content (AvgIpc) is 2.07. The molecule has 0 aliphatic heterocycles. The van der Waals surface area contributed by atoms with E-state index < -0.39 is 5.97 Å². The normalized spacial score (nSPS) is 9.85. The lowest BCUT2D eigenvalue weighted by atomic mass is 10.1. The maximum absolute atomic E-state index is 10.3. The zero-order valence-corrected chi connectivity index (χ0v) is 7.03. The van der Waals surface area contributed by atoms with Crippen molar-refractivity contribution in [2.24, 2.45) is 0 Å². The molecule has 4 nitrogen and oxygen atoms in total. The number of hydrogen-bond acceptors (Lipinski definition) is 3. The number of para-hydroxylation sites is 1. The molecule has 0 spiro atoms. The van der Waals surface area contributed by atoms with Crippen molar-refractivity contribution in [3.63, 3.8) is 0 Å². The Morgan fingerprint density at radius 3 is 2.77 bits per heavy atom. The molecule has 0 aliphatic rings. The number of aliphatic carboxylic acids is 1. The van der Waals surface area contributed by atoms with Crippen LogP contribution in [0.5, 0.6) is 5.75 Å². The molecular weight excluding hydrogens is 170 g/mol. The third-order valence-electron chi connectivity index (χ3n) is 1.78. The van der Waals surface area contributed by atoms with Gasteiger partial charge in [0.25, 0.3) is 0 Å². The van der Waals surface area contributed by atoms with Gasteiger partial charge in [-0.05, 0) is 18.1 Å². The summed E-state index contributed by atoms with van der Waals surface area (Å²) in [5.41, 5.74) is 6.46. The Morgan fingerprint density at radius 1 is 1.46 bits per heavy atom. The molecule has 0 aromatic heterocycles. The van der Waals surface area contributed by atoms with Crippen LogP contribution in [0.1, 0.15) is 12.0 Å². The van der Waals surface area contributed by atoms with Crippen LogP contribution in [-0.4, -0.2) is 16.2 Å². The third-order valence-corrected chi connectivity index (χ3v) is 1.78. The van der Waals surface area contributed by atoms with Crippen LogP contribution in [0, 0.1) is 0 Å². The molecule has 0 bridgehead atoms. The quantitative estimate of drug-likeness (QED) is 0.479. The van der Waals surface area contributed by atoms with Gasteiger partial charge in [0.2, 0.25) is 0 Å². The monoisotopic (exact) mass is 181 g/mol. The van der Waals surface area contributed by atoms with Gasteiger partial charge in [0.1, 0.15) is 5.75 Å². The van der Waals surface area contributed by atoms with Gasteiger partial charge in [-0.15, -0.1) is 0 Å². The van der Waals surface area contributed by atoms with Gasteiger partial charge in [0, 0.05) is 6.42 Å². The maximum Gasteiger partial charge on any atom is 0.303 e. The standard InChI is InChI=1S/C9H11NO3/c10-9-6(4-5-8(12)13)2-1-3-7(9)11/h1-3,11H,4-5,10H2,(H,12,13). The predicted octanol–water partition coefficient (Wildman–Crippen LogP) is 0.992. The molecule has 0 radical (unpaired) electrons. The van der Waals surface area contributed by atoms with Crippen LogP contribution in [0.3, 0.4) is 0 Å². The van der Waals surface area contributed by atoms with Crippen LogP contribution < -0.4 is 5.73 Å². The van der Waals surface area contributed by atoms with Gasteiger partial charge in [-0.1, -0.05) is 12.1 Å². The summed E-state index contributed by atoms with van der Waals surface area (Å²) in [6.07, 6.45) is 0.364. The van der Waals surface area contributed by atoms with Gasteiger partial charge in [0.05, 0.1) is 5.69 Å². The molecular formula is C9H11NO3. The first kappa shape index (κ1) is 9.38. The molecule has 70 valence electrons. The second kappa shape index (κ2) is 3.80. The first-order chi connectivity index (χ1) is 6.11. The van der Waals surface area contributed by atoms with E-state index in [-0.39, 0.29) is 17.9 Å². The summed E-state index contributed by atoms with van der Waals surface area (Å²) in [5, 5.41) is 17.6. The number of aryl methyl sites for hydroxylation is 1. The molecule has 0 saturated heterocycles. The average molecular weight is 181 g/mol. The molecule has 0 unspecified atom stereocenters. The minimum Gasteiger partial charge on any atom is -0.506 e. The van der Waals surface area contributed by atoms with E-state index in [0.29, 0.717) is 12.0 Å². The SMILES string of the molecule is Nc1c(O)cccc1CCC(=O)O. The van der Waals surface area contributed by atoms with E-state index in [2.05, 4.69) is 0 Å². The number of hydrogen-bond donors (Lipinski definition) is 3. The lowest BCUT2D eigenvalue weighted by Crippen LogP contribution is -2.00. The van der Waals surface area contributed by atoms with Crippen molar-refractivity contribution in [3.05, 3.63) is 23.8 Å². The number of carboxylic acid groups (broad SMARTS) is 1. The first-order valence-electron chi connectivity index (χ1n) is 3.89. The summed E-state index contributed by atoms with van der Waals surface area (Å²) >= 11 is 0. The fourth-order valence-corrected chi connectivity index (χ4v) is 1.06. The highest BCUT2D eigenvalue weighted by atomic mass is 16.4. The van der Waals surface area contributed by atoms with Crippen LogP contribution in [0.2, 0.25) is 0 Å². The van der Waals surface area contributed by atoms with Crippen molar-refractivity contribution < 1.29 is 15.0 Å². The first-order valence-corrected chi connectivity index (χ1v) is 3.89. The minimum atomic E-state index is -0.872. The Morgan fingerprint density at radius 2 is 2.15 bits per heavy atom. The number of phenolic OH excluding ortho intramolecular Hbond substituents is 1. The van der Waals surface area contributed by atoms with Crippen molar-refractivity contribution in [2.75, 3.05) is 5.73 Å². The number of nitrogens with two attached hydrogens (primary N) is 1. The predicted molar refractivity (Wildman–Crippen MR) is 48.5 cm³/mol. The molecule has 4 N–H and O–H groups in total. The van der Waals surface area contributed by atoms with Gasteiger partial charge in [-0.3, -0.25) is 4.79 Å². The van der Waals surface area contributed by atoms with Crippen LogP contribution in [0.4, 0.5) is 5.69 Å². The van der Waals surface area contributed by atoms with E-state index in [4.69, 9.17) is 10.8 Å². The van der Waals surface area contributed by atoms with E-state index in [1.807, 2.05) is 0 Å². The summed E-state index contributed by atoms with van der Waals surface area (Å²) < 4.78 is 0. The lowest BCUT2D eigenvalue weighted by Gasteiger charge is -2.04. The van der Waals surface area contributed by atoms with Crippen molar-refractivity contribution in [1.29, 1.82) is 0 Å². The Hall–Kier alpha value is -1.71. The Kier molecular flexibility index (Phi) is 2.74. The van der Waals surface area contributed by atoms with E-state index in [1.165, 1.54) is 6.07 Å². The Labute approximate surface area is 75.6 Å². The molecule has 1 aromatic carbocycles. The molecule has 0 heterocycles. The minimum absolute atomic E-state index is 0.00267. The highest BCUT2D eigenvalue weighted by Crippen LogP contribution is 2.24. The van der Waals surface area contributed by atoms with Gasteiger partial charge >= 0.3 is 5.97 Å². The molecule has 4 heteroatoms. The van der Waals surface area contributed by atoms with Crippen LogP contribution in [0.25, 0.3) is 0 Å². The van der Waals surface area contributed by atoms with E-state index in [1.54, 1.807) is 12.1 Å². The van der Waals surface area contributed by atoms with Crippen molar-refractivity contribution in [1.82, 2.24) is 0 Å². The maximum atomic E-state index is 10.3. The number of nitrogen functional groups attached to an aromatic ring is 1. The van der Waals surface area contributed by atoms with E-state index >= 15 is 0 Å². The van der Waals surface area contributed by atoms with Crippen LogP contribution in [-0.2, 0) is 11.2 Å². The van der Waals surface area contributed by atoms with Gasteiger partial charge in [0.15, 0.2) is 0 Å². The number of anilines is 1. The molecule has 0 atom stereocenters. The highest BCUT2D eigenvalue weighted by Gasteiger charge is 2.05. The second-order valence-electron chi connectivity index (χ2n) is 2.74. The van der Waals surface area contributed by atoms with Crippen LogP contribution >= 0.6 is 0 Å². The topological polar surface area (TPSA) is 83.5 Å². The summed E-state index contributed by atoms with van der Waals surface area (Å²) in [7, 11) is 0. The number of rotatable bonds is 3. The summed E-state index contributed by atoms with van der Waals surface area (Å²) in [5.74, 6) is -0.870. The Bertz CT molecular complexity index is 323. The van der Waals surface area contributed by atoms with Gasteiger partial charge in [-0.25, -0.2) is 0 Å². The summed E-state index contributed by atoms with van der Waals surface area (Å²) in [6, 6.07) is 4.82. The smallest absolute Gasteiger partial charge is 0.303 e.